The lowest BCUT2D eigenvalue weighted by Gasteiger charge is -1.99. The van der Waals surface area contributed by atoms with E-state index < -0.39 is 0 Å². The molecule has 0 saturated carbocycles. The van der Waals surface area contributed by atoms with Crippen molar-refractivity contribution in [3.05, 3.63) is 24.3 Å². The number of carbonyl (C=O) groups is 1. The third-order valence-corrected chi connectivity index (χ3v) is 2.65. The van der Waals surface area contributed by atoms with Gasteiger partial charge >= 0.3 is 5.97 Å². The Labute approximate surface area is 112 Å². The molecule has 18 heavy (non-hydrogen) atoms. The van der Waals surface area contributed by atoms with Crippen LogP contribution >= 0.6 is 0 Å². The molecule has 104 valence electrons. The van der Waals surface area contributed by atoms with Crippen LogP contribution in [-0.4, -0.2) is 12.6 Å². The van der Waals surface area contributed by atoms with Gasteiger partial charge in [0.1, 0.15) is 0 Å². The minimum absolute atomic E-state index is 0.182. The SMILES string of the molecule is CCCCC/C=C\C/C=C\CCCCOC(C)=O. The van der Waals surface area contributed by atoms with Gasteiger partial charge in [-0.05, 0) is 38.5 Å². The highest BCUT2D eigenvalue weighted by atomic mass is 16.5. The zero-order valence-electron chi connectivity index (χ0n) is 12.0. The second-order valence-corrected chi connectivity index (χ2v) is 4.51. The molecule has 0 unspecified atom stereocenters. The van der Waals surface area contributed by atoms with Gasteiger partial charge in [-0.3, -0.25) is 4.79 Å². The van der Waals surface area contributed by atoms with E-state index in [9.17, 15) is 4.79 Å². The van der Waals surface area contributed by atoms with Crippen LogP contribution in [0.2, 0.25) is 0 Å². The third kappa shape index (κ3) is 14.9. The van der Waals surface area contributed by atoms with E-state index in [1.807, 2.05) is 0 Å². The van der Waals surface area contributed by atoms with Gasteiger partial charge in [0.15, 0.2) is 0 Å². The minimum atomic E-state index is -0.182. The molecule has 0 aliphatic carbocycles. The summed E-state index contributed by atoms with van der Waals surface area (Å²) in [7, 11) is 0. The average molecular weight is 252 g/mol. The lowest BCUT2D eigenvalue weighted by atomic mass is 10.2. The van der Waals surface area contributed by atoms with Gasteiger partial charge in [-0.1, -0.05) is 44.1 Å². The van der Waals surface area contributed by atoms with Gasteiger partial charge in [-0.2, -0.15) is 0 Å². The molecule has 0 heterocycles. The molecule has 0 aliphatic heterocycles. The van der Waals surface area contributed by atoms with E-state index in [-0.39, 0.29) is 5.97 Å². The average Bonchev–Trinajstić information content (AvgIpc) is 2.34. The molecule has 0 radical (unpaired) electrons. The zero-order valence-corrected chi connectivity index (χ0v) is 12.0. The van der Waals surface area contributed by atoms with Crippen molar-refractivity contribution < 1.29 is 9.53 Å². The molecule has 0 aromatic rings. The summed E-state index contributed by atoms with van der Waals surface area (Å²) in [5, 5.41) is 0. The van der Waals surface area contributed by atoms with Crippen LogP contribution < -0.4 is 0 Å². The van der Waals surface area contributed by atoms with Crippen molar-refractivity contribution in [1.82, 2.24) is 0 Å². The van der Waals surface area contributed by atoms with Crippen LogP contribution in [0, 0.1) is 0 Å². The molecule has 0 rings (SSSR count). The van der Waals surface area contributed by atoms with Crippen molar-refractivity contribution in [3.8, 4) is 0 Å². The monoisotopic (exact) mass is 252 g/mol. The number of esters is 1. The molecule has 0 saturated heterocycles. The Balaban J connectivity index is 3.20. The molecule has 0 fully saturated rings. The van der Waals surface area contributed by atoms with Crippen LogP contribution in [0.1, 0.15) is 65.2 Å². The number of hydrogen-bond acceptors (Lipinski definition) is 2. The number of allylic oxidation sites excluding steroid dienone is 4. The molecule has 0 amide bonds. The van der Waals surface area contributed by atoms with E-state index >= 15 is 0 Å². The highest BCUT2D eigenvalue weighted by Gasteiger charge is 1.91. The Morgan fingerprint density at radius 1 is 0.944 bits per heavy atom. The predicted molar refractivity (Wildman–Crippen MR) is 77.5 cm³/mol. The fraction of sp³-hybridized carbons (Fsp3) is 0.688. The molecule has 0 aromatic carbocycles. The summed E-state index contributed by atoms with van der Waals surface area (Å²) in [5.41, 5.74) is 0. The van der Waals surface area contributed by atoms with E-state index in [1.54, 1.807) is 0 Å². The lowest BCUT2D eigenvalue weighted by Crippen LogP contribution is -1.99. The highest BCUT2D eigenvalue weighted by Crippen LogP contribution is 2.01. The van der Waals surface area contributed by atoms with Crippen molar-refractivity contribution in [2.24, 2.45) is 0 Å². The maximum atomic E-state index is 10.5. The van der Waals surface area contributed by atoms with Crippen molar-refractivity contribution in [3.63, 3.8) is 0 Å². The minimum Gasteiger partial charge on any atom is -0.466 e. The van der Waals surface area contributed by atoms with E-state index in [1.165, 1.54) is 32.6 Å². The number of rotatable bonds is 11. The van der Waals surface area contributed by atoms with Crippen molar-refractivity contribution >= 4 is 5.97 Å². The van der Waals surface area contributed by atoms with Crippen molar-refractivity contribution in [2.45, 2.75) is 65.2 Å². The summed E-state index contributed by atoms with van der Waals surface area (Å²) in [5.74, 6) is -0.182. The van der Waals surface area contributed by atoms with Crippen molar-refractivity contribution in [2.75, 3.05) is 6.61 Å². The molecule has 0 spiro atoms. The van der Waals surface area contributed by atoms with Crippen LogP contribution in [-0.2, 0) is 9.53 Å². The molecular weight excluding hydrogens is 224 g/mol. The van der Waals surface area contributed by atoms with Crippen LogP contribution in [0.4, 0.5) is 0 Å². The maximum absolute atomic E-state index is 10.5. The number of carbonyl (C=O) groups excluding carboxylic acids is 1. The normalized spacial score (nSPS) is 11.4. The first-order valence-electron chi connectivity index (χ1n) is 7.20. The van der Waals surface area contributed by atoms with E-state index in [4.69, 9.17) is 4.74 Å². The van der Waals surface area contributed by atoms with Crippen molar-refractivity contribution in [1.29, 1.82) is 0 Å². The molecule has 0 N–H and O–H groups in total. The largest absolute Gasteiger partial charge is 0.466 e. The number of ether oxygens (including phenoxy) is 1. The van der Waals surface area contributed by atoms with Gasteiger partial charge < -0.3 is 4.74 Å². The van der Waals surface area contributed by atoms with Gasteiger partial charge in [0.05, 0.1) is 6.61 Å². The Hall–Kier alpha value is -1.05. The lowest BCUT2D eigenvalue weighted by molar-refractivity contribution is -0.141. The first kappa shape index (κ1) is 16.9. The van der Waals surface area contributed by atoms with Gasteiger partial charge in [0, 0.05) is 6.92 Å². The summed E-state index contributed by atoms with van der Waals surface area (Å²) in [4.78, 5) is 10.5. The van der Waals surface area contributed by atoms with Crippen LogP contribution in [0.5, 0.6) is 0 Å². The second-order valence-electron chi connectivity index (χ2n) is 4.51. The molecule has 0 atom stereocenters. The van der Waals surface area contributed by atoms with Gasteiger partial charge in [0.25, 0.3) is 0 Å². The standard InChI is InChI=1S/C16H28O2/c1-3-4-5-6-7-8-9-10-11-12-13-14-15-18-16(2)17/h7-8,10-11H,3-6,9,12-15H2,1-2H3/b8-7-,11-10-. The molecule has 2 nitrogen and oxygen atoms in total. The number of unbranched alkanes of at least 4 members (excludes halogenated alkanes) is 5. The Morgan fingerprint density at radius 2 is 1.56 bits per heavy atom. The molecule has 0 aliphatic rings. The van der Waals surface area contributed by atoms with Gasteiger partial charge in [-0.25, -0.2) is 0 Å². The molecule has 2 heteroatoms. The van der Waals surface area contributed by atoms with Crippen LogP contribution in [0.15, 0.2) is 24.3 Å². The first-order valence-corrected chi connectivity index (χ1v) is 7.20. The smallest absolute Gasteiger partial charge is 0.302 e. The topological polar surface area (TPSA) is 26.3 Å². The van der Waals surface area contributed by atoms with E-state index in [0.717, 1.165) is 25.7 Å². The summed E-state index contributed by atoms with van der Waals surface area (Å²) >= 11 is 0. The Morgan fingerprint density at radius 3 is 2.11 bits per heavy atom. The second kappa shape index (κ2) is 14.0. The highest BCUT2D eigenvalue weighted by molar-refractivity contribution is 5.65. The van der Waals surface area contributed by atoms with Crippen LogP contribution in [0.3, 0.4) is 0 Å². The molecular formula is C16H28O2. The Kier molecular flexibility index (Phi) is 13.2. The first-order chi connectivity index (χ1) is 8.77. The summed E-state index contributed by atoms with van der Waals surface area (Å²) in [6.45, 7) is 4.24. The Bertz CT molecular complexity index is 241. The summed E-state index contributed by atoms with van der Waals surface area (Å²) in [6, 6.07) is 0. The maximum Gasteiger partial charge on any atom is 0.302 e. The van der Waals surface area contributed by atoms with Gasteiger partial charge in [0.2, 0.25) is 0 Å². The molecule has 0 bridgehead atoms. The number of hydrogen-bond donors (Lipinski definition) is 0. The van der Waals surface area contributed by atoms with Gasteiger partial charge in [-0.15, -0.1) is 0 Å². The third-order valence-electron chi connectivity index (χ3n) is 2.65. The van der Waals surface area contributed by atoms with Crippen LogP contribution in [0.25, 0.3) is 0 Å². The summed E-state index contributed by atoms with van der Waals surface area (Å²) < 4.78 is 4.86. The quantitative estimate of drug-likeness (QED) is 0.300. The van der Waals surface area contributed by atoms with E-state index in [0.29, 0.717) is 6.61 Å². The zero-order chi connectivity index (χ0) is 13.5. The predicted octanol–water partition coefficient (Wildman–Crippen LogP) is 4.80. The fourth-order valence-electron chi connectivity index (χ4n) is 1.60. The molecule has 0 aromatic heterocycles. The van der Waals surface area contributed by atoms with E-state index in [2.05, 4.69) is 31.2 Å². The fourth-order valence-corrected chi connectivity index (χ4v) is 1.60. The summed E-state index contributed by atoms with van der Waals surface area (Å²) in [6.07, 6.45) is 18.3.